The third-order valence-electron chi connectivity index (χ3n) is 5.42. The molecule has 4 heterocycles. The predicted molar refractivity (Wildman–Crippen MR) is 116 cm³/mol. The number of aromatic nitrogens is 5. The van der Waals surface area contributed by atoms with Crippen LogP contribution in [0.4, 0.5) is 5.82 Å². The minimum Gasteiger partial charge on any atom is -0.355 e. The van der Waals surface area contributed by atoms with Crippen molar-refractivity contribution in [2.45, 2.75) is 25.7 Å². The molecule has 0 bridgehead atoms. The van der Waals surface area contributed by atoms with E-state index >= 15 is 0 Å². The van der Waals surface area contributed by atoms with Crippen molar-refractivity contribution in [3.05, 3.63) is 66.4 Å². The van der Waals surface area contributed by atoms with Crippen LogP contribution in [0, 0.1) is 6.92 Å². The molecule has 1 aliphatic heterocycles. The molecule has 0 saturated carbocycles. The number of nitrogens with one attached hydrogen (secondary N) is 1. The number of benzene rings is 1. The quantitative estimate of drug-likeness (QED) is 0.536. The second-order valence-corrected chi connectivity index (χ2v) is 8.32. The number of anilines is 1. The summed E-state index contributed by atoms with van der Waals surface area (Å²) in [6.45, 7) is 4.01. The molecule has 0 spiro atoms. The van der Waals surface area contributed by atoms with E-state index in [9.17, 15) is 0 Å². The zero-order valence-electron chi connectivity index (χ0n) is 16.2. The molecule has 4 aromatic rings. The highest BCUT2D eigenvalue weighted by atomic mass is 32.1. The van der Waals surface area contributed by atoms with Crippen LogP contribution >= 0.6 is 11.3 Å². The molecule has 1 aliphatic rings. The van der Waals surface area contributed by atoms with E-state index in [0.717, 1.165) is 59.5 Å². The van der Waals surface area contributed by atoms with E-state index in [1.807, 2.05) is 36.5 Å². The number of hydrogen-bond donors (Lipinski definition) is 1. The fraction of sp³-hybridized carbons (Fsp3) is 0.273. The molecule has 0 unspecified atom stereocenters. The van der Waals surface area contributed by atoms with Crippen molar-refractivity contribution in [3.8, 4) is 21.1 Å². The van der Waals surface area contributed by atoms with Crippen LogP contribution in [0.15, 0.2) is 54.9 Å². The lowest BCUT2D eigenvalue weighted by Gasteiger charge is -2.31. The Kier molecular flexibility index (Phi) is 4.81. The third kappa shape index (κ3) is 3.65. The Morgan fingerprint density at radius 1 is 1.07 bits per heavy atom. The van der Waals surface area contributed by atoms with Gasteiger partial charge in [-0.15, -0.1) is 16.4 Å². The molecule has 0 radical (unpaired) electrons. The van der Waals surface area contributed by atoms with E-state index in [-0.39, 0.29) is 0 Å². The van der Waals surface area contributed by atoms with E-state index in [4.69, 9.17) is 9.97 Å². The summed E-state index contributed by atoms with van der Waals surface area (Å²) in [4.78, 5) is 16.5. The average Bonchev–Trinajstić information content (AvgIpc) is 3.42. The van der Waals surface area contributed by atoms with Gasteiger partial charge in [-0.3, -0.25) is 0 Å². The van der Waals surface area contributed by atoms with E-state index in [1.165, 1.54) is 4.88 Å². The van der Waals surface area contributed by atoms with Crippen LogP contribution < -0.4 is 4.90 Å². The van der Waals surface area contributed by atoms with Gasteiger partial charge in [0.15, 0.2) is 5.82 Å². The molecule has 1 aromatic carbocycles. The van der Waals surface area contributed by atoms with Crippen LogP contribution in [0.25, 0.3) is 21.1 Å². The maximum Gasteiger partial charge on any atom is 0.151 e. The first-order valence-electron chi connectivity index (χ1n) is 9.89. The number of hydrogen-bond acceptors (Lipinski definition) is 6. The summed E-state index contributed by atoms with van der Waals surface area (Å²) < 4.78 is 0. The number of rotatable bonds is 4. The molecule has 1 N–H and O–H groups in total. The molecule has 7 heteroatoms. The fourth-order valence-corrected chi connectivity index (χ4v) is 4.89. The zero-order chi connectivity index (χ0) is 19.6. The van der Waals surface area contributed by atoms with Crippen molar-refractivity contribution in [1.29, 1.82) is 0 Å². The molecule has 29 heavy (non-hydrogen) atoms. The monoisotopic (exact) mass is 402 g/mol. The van der Waals surface area contributed by atoms with Crippen LogP contribution in [-0.2, 0) is 0 Å². The Labute approximate surface area is 173 Å². The van der Waals surface area contributed by atoms with Gasteiger partial charge in [0.2, 0.25) is 0 Å². The van der Waals surface area contributed by atoms with Crippen LogP contribution in [-0.4, -0.2) is 38.2 Å². The van der Waals surface area contributed by atoms with Gasteiger partial charge in [0.25, 0.3) is 0 Å². The van der Waals surface area contributed by atoms with Crippen molar-refractivity contribution in [3.63, 3.8) is 0 Å². The first-order valence-corrected chi connectivity index (χ1v) is 10.7. The largest absolute Gasteiger partial charge is 0.355 e. The molecule has 0 amide bonds. The highest BCUT2D eigenvalue weighted by molar-refractivity contribution is 7.18. The van der Waals surface area contributed by atoms with Crippen LogP contribution in [0.5, 0.6) is 0 Å². The number of H-pyrrole nitrogens is 1. The minimum atomic E-state index is 0.443. The molecular weight excluding hydrogens is 380 g/mol. The molecule has 5 rings (SSSR count). The van der Waals surface area contributed by atoms with Gasteiger partial charge in [0.1, 0.15) is 10.8 Å². The maximum absolute atomic E-state index is 4.77. The molecular formula is C22H22N6S. The molecule has 3 aromatic heterocycles. The normalized spacial score (nSPS) is 15.0. The Bertz CT molecular complexity index is 1080. The fourth-order valence-electron chi connectivity index (χ4n) is 3.85. The highest BCUT2D eigenvalue weighted by Gasteiger charge is 2.24. The van der Waals surface area contributed by atoms with E-state index in [2.05, 4.69) is 39.1 Å². The minimum absolute atomic E-state index is 0.443. The second kappa shape index (κ2) is 7.75. The van der Waals surface area contributed by atoms with Crippen molar-refractivity contribution in [2.24, 2.45) is 0 Å². The maximum atomic E-state index is 4.77. The summed E-state index contributed by atoms with van der Waals surface area (Å²) >= 11 is 1.72. The first kappa shape index (κ1) is 18.0. The Morgan fingerprint density at radius 3 is 2.66 bits per heavy atom. The summed E-state index contributed by atoms with van der Waals surface area (Å²) in [5, 5.41) is 9.27. The third-order valence-corrected chi connectivity index (χ3v) is 6.66. The van der Waals surface area contributed by atoms with Gasteiger partial charge in [-0.25, -0.2) is 9.97 Å². The number of aromatic amines is 1. The van der Waals surface area contributed by atoms with Crippen LogP contribution in [0.2, 0.25) is 0 Å². The molecule has 0 atom stereocenters. The zero-order valence-corrected chi connectivity index (χ0v) is 17.1. The average molecular weight is 403 g/mol. The lowest BCUT2D eigenvalue weighted by atomic mass is 9.96. The van der Waals surface area contributed by atoms with Gasteiger partial charge in [-0.2, -0.15) is 5.10 Å². The van der Waals surface area contributed by atoms with E-state index < -0.39 is 0 Å². The summed E-state index contributed by atoms with van der Waals surface area (Å²) in [5.41, 5.74) is 3.26. The Hall–Kier alpha value is -3.06. The van der Waals surface area contributed by atoms with Gasteiger partial charge in [-0.05, 0) is 31.9 Å². The van der Waals surface area contributed by atoms with Crippen LogP contribution in [0.3, 0.4) is 0 Å². The van der Waals surface area contributed by atoms with E-state index in [0.29, 0.717) is 5.92 Å². The lowest BCUT2D eigenvalue weighted by Crippen LogP contribution is -2.33. The van der Waals surface area contributed by atoms with Crippen molar-refractivity contribution in [1.82, 2.24) is 25.1 Å². The van der Waals surface area contributed by atoms with Crippen LogP contribution in [0.1, 0.15) is 30.3 Å². The summed E-state index contributed by atoms with van der Waals surface area (Å²) in [6.07, 6.45) is 5.78. The smallest absolute Gasteiger partial charge is 0.151 e. The molecule has 1 saturated heterocycles. The van der Waals surface area contributed by atoms with Crippen molar-refractivity contribution < 1.29 is 0 Å². The van der Waals surface area contributed by atoms with Gasteiger partial charge < -0.3 is 9.88 Å². The van der Waals surface area contributed by atoms with Crippen molar-refractivity contribution in [2.75, 3.05) is 18.0 Å². The van der Waals surface area contributed by atoms with Gasteiger partial charge >= 0.3 is 0 Å². The SMILES string of the molecule is Cc1nc(-c2ccccc2)sc1-c1cnc(C2CCN(c3cccnn3)CC2)[nH]1. The molecule has 146 valence electrons. The number of aryl methyl sites for hydroxylation is 1. The summed E-state index contributed by atoms with van der Waals surface area (Å²) in [5.74, 6) is 2.48. The first-order chi connectivity index (χ1) is 14.3. The summed E-state index contributed by atoms with van der Waals surface area (Å²) in [6, 6.07) is 14.3. The number of piperidine rings is 1. The lowest BCUT2D eigenvalue weighted by molar-refractivity contribution is 0.485. The number of nitrogens with zero attached hydrogens (tertiary/aromatic N) is 5. The Morgan fingerprint density at radius 2 is 1.90 bits per heavy atom. The number of imidazole rings is 1. The van der Waals surface area contributed by atoms with Crippen molar-refractivity contribution >= 4 is 17.2 Å². The molecule has 0 aliphatic carbocycles. The van der Waals surface area contributed by atoms with Gasteiger partial charge in [0, 0.05) is 30.8 Å². The van der Waals surface area contributed by atoms with E-state index in [1.54, 1.807) is 17.5 Å². The standard InChI is InChI=1S/C22H22N6S/c1-15-20(29-22(25-15)17-6-3-2-4-7-17)18-14-23-21(26-18)16-9-12-28(13-10-16)19-8-5-11-24-27-19/h2-8,11,14,16H,9-10,12-13H2,1H3,(H,23,26). The summed E-state index contributed by atoms with van der Waals surface area (Å²) in [7, 11) is 0. The predicted octanol–water partition coefficient (Wildman–Crippen LogP) is 4.68. The topological polar surface area (TPSA) is 70.6 Å². The Balaban J connectivity index is 1.31. The molecule has 1 fully saturated rings. The second-order valence-electron chi connectivity index (χ2n) is 7.32. The van der Waals surface area contributed by atoms with Gasteiger partial charge in [0.05, 0.1) is 22.5 Å². The number of thiazole rings is 1. The molecule has 6 nitrogen and oxygen atoms in total. The van der Waals surface area contributed by atoms with Gasteiger partial charge in [-0.1, -0.05) is 30.3 Å². The highest BCUT2D eigenvalue weighted by Crippen LogP contribution is 2.36.